The summed E-state index contributed by atoms with van der Waals surface area (Å²) in [5.41, 5.74) is 1.12. The molecule has 0 amide bonds. The Kier molecular flexibility index (Phi) is 7.98. The molecule has 0 saturated heterocycles. The van der Waals surface area contributed by atoms with Crippen molar-refractivity contribution < 1.29 is 23.9 Å². The lowest BCUT2D eigenvalue weighted by atomic mass is 10.0. The van der Waals surface area contributed by atoms with Crippen LogP contribution in [0.3, 0.4) is 0 Å². The number of esters is 2. The van der Waals surface area contributed by atoms with Gasteiger partial charge in [0, 0.05) is 27.5 Å². The lowest BCUT2D eigenvalue weighted by molar-refractivity contribution is -0.146. The van der Waals surface area contributed by atoms with Crippen LogP contribution in [0.4, 0.5) is 5.69 Å². The van der Waals surface area contributed by atoms with Crippen LogP contribution in [-0.2, 0) is 19.1 Å². The smallest absolute Gasteiger partial charge is 0.347 e. The van der Waals surface area contributed by atoms with Crippen LogP contribution in [0.2, 0.25) is 5.02 Å². The summed E-state index contributed by atoms with van der Waals surface area (Å²) >= 11 is 6.09. The first-order valence-corrected chi connectivity index (χ1v) is 9.48. The molecule has 29 heavy (non-hydrogen) atoms. The van der Waals surface area contributed by atoms with Gasteiger partial charge in [-0.3, -0.25) is 4.79 Å². The summed E-state index contributed by atoms with van der Waals surface area (Å²) in [4.78, 5) is 37.5. The average molecular weight is 416 g/mol. The summed E-state index contributed by atoms with van der Waals surface area (Å²) in [7, 11) is 0. The minimum atomic E-state index is -0.805. The number of rotatable bonds is 8. The van der Waals surface area contributed by atoms with Crippen LogP contribution in [0.5, 0.6) is 0 Å². The number of anilines is 1. The topological polar surface area (TPSA) is 81.7 Å². The second kappa shape index (κ2) is 10.4. The lowest BCUT2D eigenvalue weighted by Crippen LogP contribution is -2.22. The lowest BCUT2D eigenvalue weighted by Gasteiger charge is -2.15. The first-order valence-electron chi connectivity index (χ1n) is 9.10. The highest BCUT2D eigenvalue weighted by Crippen LogP contribution is 2.26. The molecule has 6 nitrogen and oxygen atoms in total. The number of hydrogen-bond donors (Lipinski definition) is 1. The number of ether oxygens (including phenoxy) is 2. The van der Waals surface area contributed by atoms with E-state index in [1.54, 1.807) is 50.2 Å². The predicted molar refractivity (Wildman–Crippen MR) is 111 cm³/mol. The average Bonchev–Trinajstić information content (AvgIpc) is 2.70. The number of carbonyl (C=O) groups excluding carboxylic acids is 3. The van der Waals surface area contributed by atoms with E-state index in [-0.39, 0.29) is 30.3 Å². The van der Waals surface area contributed by atoms with E-state index in [2.05, 4.69) is 5.32 Å². The second-order valence-electron chi connectivity index (χ2n) is 5.95. The van der Waals surface area contributed by atoms with Crippen LogP contribution in [0.15, 0.2) is 59.8 Å². The minimum absolute atomic E-state index is 0.105. The van der Waals surface area contributed by atoms with Crippen LogP contribution in [0.25, 0.3) is 0 Å². The third kappa shape index (κ3) is 5.68. The van der Waals surface area contributed by atoms with E-state index in [0.29, 0.717) is 21.8 Å². The minimum Gasteiger partial charge on any atom is -0.462 e. The van der Waals surface area contributed by atoms with E-state index in [9.17, 15) is 14.4 Å². The van der Waals surface area contributed by atoms with Gasteiger partial charge in [0.15, 0.2) is 11.4 Å². The number of benzene rings is 2. The number of nitrogens with one attached hydrogen (secondary N) is 1. The van der Waals surface area contributed by atoms with Gasteiger partial charge in [0.1, 0.15) is 0 Å². The second-order valence-corrected chi connectivity index (χ2v) is 6.39. The SMILES string of the molecule is CCOC(=O)C(C(=O)OCC)=C(C)Nc1ccc(Cl)cc1C(=O)c1ccccc1. The third-order valence-corrected chi connectivity index (χ3v) is 4.15. The number of ketones is 1. The maximum absolute atomic E-state index is 12.9. The molecule has 2 aromatic rings. The number of hydrogen-bond acceptors (Lipinski definition) is 6. The Morgan fingerprint density at radius 1 is 0.931 bits per heavy atom. The molecule has 0 heterocycles. The van der Waals surface area contributed by atoms with Crippen LogP contribution in [0.1, 0.15) is 36.7 Å². The standard InChI is InChI=1S/C22H22ClNO5/c1-4-28-21(26)19(22(27)29-5-2)14(3)24-18-12-11-16(23)13-17(18)20(25)15-9-7-6-8-10-15/h6-13,24H,4-5H2,1-3H3. The molecule has 0 saturated carbocycles. The zero-order valence-corrected chi connectivity index (χ0v) is 17.2. The molecule has 152 valence electrons. The van der Waals surface area contributed by atoms with Crippen LogP contribution < -0.4 is 5.32 Å². The van der Waals surface area contributed by atoms with Crippen molar-refractivity contribution in [1.29, 1.82) is 0 Å². The molecule has 7 heteroatoms. The number of allylic oxidation sites excluding steroid dienone is 1. The largest absolute Gasteiger partial charge is 0.462 e. The molecular formula is C22H22ClNO5. The highest BCUT2D eigenvalue weighted by Gasteiger charge is 2.25. The molecule has 0 atom stereocenters. The van der Waals surface area contributed by atoms with Gasteiger partial charge in [-0.05, 0) is 39.0 Å². The molecule has 0 aliphatic heterocycles. The van der Waals surface area contributed by atoms with E-state index < -0.39 is 11.9 Å². The quantitative estimate of drug-likeness (QED) is 0.226. The van der Waals surface area contributed by atoms with E-state index in [1.165, 1.54) is 13.0 Å². The van der Waals surface area contributed by atoms with Gasteiger partial charge in [0.2, 0.25) is 0 Å². The Bertz CT molecular complexity index is 917. The summed E-state index contributed by atoms with van der Waals surface area (Å²) in [6.07, 6.45) is 0. The van der Waals surface area contributed by atoms with Gasteiger partial charge in [-0.1, -0.05) is 41.9 Å². The fraction of sp³-hybridized carbons (Fsp3) is 0.227. The summed E-state index contributed by atoms with van der Waals surface area (Å²) < 4.78 is 9.94. The molecule has 0 unspecified atom stereocenters. The van der Waals surface area contributed by atoms with E-state index in [0.717, 1.165) is 0 Å². The van der Waals surface area contributed by atoms with Crippen LogP contribution in [-0.4, -0.2) is 30.9 Å². The molecule has 0 bridgehead atoms. The number of carbonyl (C=O) groups is 3. The molecule has 2 rings (SSSR count). The Morgan fingerprint density at radius 3 is 2.07 bits per heavy atom. The number of halogens is 1. The highest BCUT2D eigenvalue weighted by molar-refractivity contribution is 6.31. The van der Waals surface area contributed by atoms with E-state index >= 15 is 0 Å². The van der Waals surface area contributed by atoms with Crippen molar-refractivity contribution >= 4 is 35.0 Å². The zero-order chi connectivity index (χ0) is 21.4. The Balaban J connectivity index is 2.48. The molecule has 1 N–H and O–H groups in total. The van der Waals surface area contributed by atoms with Crippen molar-refractivity contribution in [3.05, 3.63) is 76.0 Å². The zero-order valence-electron chi connectivity index (χ0n) is 16.5. The Hall–Kier alpha value is -3.12. The van der Waals surface area contributed by atoms with Crippen molar-refractivity contribution in [2.24, 2.45) is 0 Å². The van der Waals surface area contributed by atoms with E-state index in [4.69, 9.17) is 21.1 Å². The van der Waals surface area contributed by atoms with Crippen molar-refractivity contribution in [2.75, 3.05) is 18.5 Å². The molecule has 0 radical (unpaired) electrons. The van der Waals surface area contributed by atoms with Crippen molar-refractivity contribution in [3.8, 4) is 0 Å². The molecule has 0 aliphatic carbocycles. The first kappa shape index (κ1) is 22.2. The van der Waals surface area contributed by atoms with Crippen LogP contribution >= 0.6 is 11.6 Å². The van der Waals surface area contributed by atoms with Gasteiger partial charge in [0.05, 0.1) is 13.2 Å². The molecule has 0 fully saturated rings. The fourth-order valence-electron chi connectivity index (χ4n) is 2.62. The molecule has 0 aliphatic rings. The molecule has 0 spiro atoms. The molecule has 2 aromatic carbocycles. The van der Waals surface area contributed by atoms with Gasteiger partial charge < -0.3 is 14.8 Å². The van der Waals surface area contributed by atoms with Gasteiger partial charge in [-0.15, -0.1) is 0 Å². The van der Waals surface area contributed by atoms with E-state index in [1.807, 2.05) is 6.07 Å². The Labute approximate surface area is 174 Å². The summed E-state index contributed by atoms with van der Waals surface area (Å²) in [6, 6.07) is 13.5. The van der Waals surface area contributed by atoms with Crippen molar-refractivity contribution in [3.63, 3.8) is 0 Å². The summed E-state index contributed by atoms with van der Waals surface area (Å²) in [5, 5.41) is 3.35. The van der Waals surface area contributed by atoms with Crippen molar-refractivity contribution in [2.45, 2.75) is 20.8 Å². The Morgan fingerprint density at radius 2 is 1.52 bits per heavy atom. The molecular weight excluding hydrogens is 394 g/mol. The monoisotopic (exact) mass is 415 g/mol. The van der Waals surface area contributed by atoms with Crippen LogP contribution in [0, 0.1) is 0 Å². The fourth-order valence-corrected chi connectivity index (χ4v) is 2.79. The highest BCUT2D eigenvalue weighted by atomic mass is 35.5. The van der Waals surface area contributed by atoms with Gasteiger partial charge >= 0.3 is 11.9 Å². The summed E-state index contributed by atoms with van der Waals surface area (Å²) in [5.74, 6) is -1.86. The molecule has 0 aromatic heterocycles. The first-order chi connectivity index (χ1) is 13.9. The predicted octanol–water partition coefficient (Wildman–Crippen LogP) is 4.38. The third-order valence-electron chi connectivity index (χ3n) is 3.92. The van der Waals surface area contributed by atoms with Gasteiger partial charge in [-0.2, -0.15) is 0 Å². The normalized spacial score (nSPS) is 10.1. The maximum Gasteiger partial charge on any atom is 0.347 e. The van der Waals surface area contributed by atoms with Crippen molar-refractivity contribution in [1.82, 2.24) is 0 Å². The van der Waals surface area contributed by atoms with Gasteiger partial charge in [-0.25, -0.2) is 9.59 Å². The van der Waals surface area contributed by atoms with Gasteiger partial charge in [0.25, 0.3) is 0 Å². The maximum atomic E-state index is 12.9. The summed E-state index contributed by atoms with van der Waals surface area (Å²) in [6.45, 7) is 5.02.